The molecule has 0 aliphatic rings. The minimum absolute atomic E-state index is 0.147. The summed E-state index contributed by atoms with van der Waals surface area (Å²) in [7, 11) is 0. The van der Waals surface area contributed by atoms with Crippen molar-refractivity contribution in [3.05, 3.63) is 47.0 Å². The molecule has 0 fully saturated rings. The van der Waals surface area contributed by atoms with E-state index in [9.17, 15) is 9.59 Å². The van der Waals surface area contributed by atoms with E-state index in [0.717, 1.165) is 0 Å². The zero-order chi connectivity index (χ0) is 16.7. The molecule has 0 bridgehead atoms. The van der Waals surface area contributed by atoms with Crippen molar-refractivity contribution < 1.29 is 14.3 Å². The van der Waals surface area contributed by atoms with Crippen LogP contribution in [0, 0.1) is 0 Å². The number of carbonyl (C=O) groups is 2. The number of hydrogen-bond acceptors (Lipinski definition) is 3. The van der Waals surface area contributed by atoms with E-state index in [-0.39, 0.29) is 23.9 Å². The van der Waals surface area contributed by atoms with Gasteiger partial charge in [0.25, 0.3) is 0 Å². The van der Waals surface area contributed by atoms with Crippen LogP contribution in [0.15, 0.2) is 35.9 Å². The number of Topliss-reactive ketones (excluding diaryl/α,β-unsaturated/α-hetero) is 1. The second-order valence-corrected chi connectivity index (χ2v) is 5.86. The van der Waals surface area contributed by atoms with E-state index in [0.29, 0.717) is 12.3 Å². The predicted octanol–water partition coefficient (Wildman–Crippen LogP) is 4.38. The van der Waals surface area contributed by atoms with Gasteiger partial charge in [0, 0.05) is 0 Å². The van der Waals surface area contributed by atoms with Crippen LogP contribution < -0.4 is 0 Å². The van der Waals surface area contributed by atoms with E-state index in [1.165, 1.54) is 18.1 Å². The standard InChI is InChI=1S/C19H26O3/c1-6-22-19(21)18(15(5)20)11-10-14(4)17-9-7-8-16(12-17)13(2)3/h7-9,11-14H,6,10H2,1-5H3/b18-11-. The van der Waals surface area contributed by atoms with Crippen LogP contribution in [0.25, 0.3) is 0 Å². The lowest BCUT2D eigenvalue weighted by Crippen LogP contribution is -2.14. The molecule has 1 atom stereocenters. The van der Waals surface area contributed by atoms with Gasteiger partial charge in [0.2, 0.25) is 0 Å². The maximum atomic E-state index is 11.8. The van der Waals surface area contributed by atoms with Crippen LogP contribution in [0.3, 0.4) is 0 Å². The largest absolute Gasteiger partial charge is 0.462 e. The summed E-state index contributed by atoms with van der Waals surface area (Å²) < 4.78 is 4.93. The van der Waals surface area contributed by atoms with E-state index in [1.54, 1.807) is 13.0 Å². The van der Waals surface area contributed by atoms with Crippen LogP contribution in [0.4, 0.5) is 0 Å². The summed E-state index contributed by atoms with van der Waals surface area (Å²) >= 11 is 0. The first-order valence-corrected chi connectivity index (χ1v) is 7.84. The van der Waals surface area contributed by atoms with Gasteiger partial charge in [-0.15, -0.1) is 0 Å². The van der Waals surface area contributed by atoms with Crippen LogP contribution in [0.2, 0.25) is 0 Å². The number of benzene rings is 1. The van der Waals surface area contributed by atoms with Gasteiger partial charge in [-0.05, 0) is 43.2 Å². The maximum absolute atomic E-state index is 11.8. The van der Waals surface area contributed by atoms with Crippen molar-refractivity contribution in [2.45, 2.75) is 52.9 Å². The fourth-order valence-electron chi connectivity index (χ4n) is 2.23. The quantitative estimate of drug-likeness (QED) is 0.325. The van der Waals surface area contributed by atoms with Crippen molar-refractivity contribution in [2.75, 3.05) is 6.61 Å². The Morgan fingerprint density at radius 2 is 1.82 bits per heavy atom. The van der Waals surface area contributed by atoms with Gasteiger partial charge in [-0.2, -0.15) is 0 Å². The Labute approximate surface area is 133 Å². The van der Waals surface area contributed by atoms with Crippen LogP contribution >= 0.6 is 0 Å². The molecule has 22 heavy (non-hydrogen) atoms. The first-order valence-electron chi connectivity index (χ1n) is 7.84. The topological polar surface area (TPSA) is 43.4 Å². The normalized spacial score (nSPS) is 13.1. The molecule has 0 radical (unpaired) electrons. The van der Waals surface area contributed by atoms with Crippen molar-refractivity contribution in [3.63, 3.8) is 0 Å². The van der Waals surface area contributed by atoms with E-state index >= 15 is 0 Å². The third kappa shape index (κ3) is 5.14. The van der Waals surface area contributed by atoms with E-state index in [4.69, 9.17) is 4.74 Å². The summed E-state index contributed by atoms with van der Waals surface area (Å²) in [4.78, 5) is 23.3. The molecule has 0 spiro atoms. The Bertz CT molecular complexity index is 556. The molecule has 0 aliphatic carbocycles. The highest BCUT2D eigenvalue weighted by molar-refractivity contribution is 6.16. The molecule has 0 amide bonds. The van der Waals surface area contributed by atoms with E-state index in [2.05, 4.69) is 45.0 Å². The van der Waals surface area contributed by atoms with Gasteiger partial charge in [0.1, 0.15) is 0 Å². The third-order valence-electron chi connectivity index (χ3n) is 3.70. The minimum atomic E-state index is -0.530. The summed E-state index contributed by atoms with van der Waals surface area (Å²) in [5.41, 5.74) is 2.66. The molecule has 1 rings (SSSR count). The molecule has 0 N–H and O–H groups in total. The Hall–Kier alpha value is -1.90. The van der Waals surface area contributed by atoms with Crippen LogP contribution in [0.5, 0.6) is 0 Å². The van der Waals surface area contributed by atoms with Crippen molar-refractivity contribution in [2.24, 2.45) is 0 Å². The van der Waals surface area contributed by atoms with Crippen LogP contribution in [-0.4, -0.2) is 18.4 Å². The molecule has 0 aliphatic heterocycles. The van der Waals surface area contributed by atoms with Crippen molar-refractivity contribution in [3.8, 4) is 0 Å². The minimum Gasteiger partial charge on any atom is -0.462 e. The van der Waals surface area contributed by atoms with Crippen molar-refractivity contribution in [1.29, 1.82) is 0 Å². The monoisotopic (exact) mass is 302 g/mol. The van der Waals surface area contributed by atoms with Crippen LogP contribution in [0.1, 0.15) is 64.0 Å². The summed E-state index contributed by atoms with van der Waals surface area (Å²) in [6.45, 7) is 9.83. The number of esters is 1. The molecular weight excluding hydrogens is 276 g/mol. The fourth-order valence-corrected chi connectivity index (χ4v) is 2.23. The molecule has 3 nitrogen and oxygen atoms in total. The highest BCUT2D eigenvalue weighted by Gasteiger charge is 2.16. The van der Waals surface area contributed by atoms with Gasteiger partial charge >= 0.3 is 5.97 Å². The Kier molecular flexibility index (Phi) is 7.03. The van der Waals surface area contributed by atoms with E-state index < -0.39 is 5.97 Å². The third-order valence-corrected chi connectivity index (χ3v) is 3.70. The molecule has 1 aromatic carbocycles. The van der Waals surface area contributed by atoms with Gasteiger partial charge in [0.15, 0.2) is 5.78 Å². The maximum Gasteiger partial charge on any atom is 0.341 e. The van der Waals surface area contributed by atoms with Gasteiger partial charge in [-0.1, -0.05) is 51.1 Å². The highest BCUT2D eigenvalue weighted by Crippen LogP contribution is 2.24. The molecule has 0 aromatic heterocycles. The smallest absolute Gasteiger partial charge is 0.341 e. The number of hydrogen-bond donors (Lipinski definition) is 0. The summed E-state index contributed by atoms with van der Waals surface area (Å²) in [5.74, 6) is -0.0582. The Balaban J connectivity index is 2.88. The molecule has 1 aromatic rings. The first kappa shape index (κ1) is 18.1. The highest BCUT2D eigenvalue weighted by atomic mass is 16.5. The average molecular weight is 302 g/mol. The number of allylic oxidation sites excluding steroid dienone is 1. The summed E-state index contributed by atoms with van der Waals surface area (Å²) in [6.07, 6.45) is 2.34. The van der Waals surface area contributed by atoms with Gasteiger partial charge in [-0.25, -0.2) is 4.79 Å². The number of carbonyl (C=O) groups excluding carboxylic acids is 2. The molecule has 0 saturated heterocycles. The number of ketones is 1. The lowest BCUT2D eigenvalue weighted by Gasteiger charge is -2.13. The fraction of sp³-hybridized carbons (Fsp3) is 0.474. The van der Waals surface area contributed by atoms with Gasteiger partial charge in [0.05, 0.1) is 12.2 Å². The second kappa shape index (κ2) is 8.52. The lowest BCUT2D eigenvalue weighted by molar-refractivity contribution is -0.139. The average Bonchev–Trinajstić information content (AvgIpc) is 2.47. The molecule has 0 saturated carbocycles. The van der Waals surface area contributed by atoms with Gasteiger partial charge < -0.3 is 4.74 Å². The van der Waals surface area contributed by atoms with Crippen molar-refractivity contribution >= 4 is 11.8 Å². The van der Waals surface area contributed by atoms with Crippen LogP contribution in [-0.2, 0) is 14.3 Å². The molecule has 120 valence electrons. The predicted molar refractivity (Wildman–Crippen MR) is 89.0 cm³/mol. The summed E-state index contributed by atoms with van der Waals surface area (Å²) in [5, 5.41) is 0. The SMILES string of the molecule is CCOC(=O)/C(=C\CC(C)c1cccc(C(C)C)c1)C(C)=O. The lowest BCUT2D eigenvalue weighted by atomic mass is 9.92. The molecular formula is C19H26O3. The number of ether oxygens (including phenoxy) is 1. The molecule has 3 heteroatoms. The first-order chi connectivity index (χ1) is 10.4. The zero-order valence-corrected chi connectivity index (χ0v) is 14.2. The Morgan fingerprint density at radius 3 is 2.36 bits per heavy atom. The zero-order valence-electron chi connectivity index (χ0n) is 14.2. The molecule has 1 unspecified atom stereocenters. The Morgan fingerprint density at radius 1 is 1.18 bits per heavy atom. The number of rotatable bonds is 7. The molecule has 0 heterocycles. The van der Waals surface area contributed by atoms with Crippen molar-refractivity contribution in [1.82, 2.24) is 0 Å². The van der Waals surface area contributed by atoms with Gasteiger partial charge in [-0.3, -0.25) is 4.79 Å². The van der Waals surface area contributed by atoms with E-state index in [1.807, 2.05) is 0 Å². The summed E-state index contributed by atoms with van der Waals surface area (Å²) in [6, 6.07) is 8.46. The second-order valence-electron chi connectivity index (χ2n) is 5.86.